The van der Waals surface area contributed by atoms with Gasteiger partial charge in [-0.1, -0.05) is 31.2 Å². The van der Waals surface area contributed by atoms with E-state index >= 15 is 0 Å². The maximum absolute atomic E-state index is 12.2. The van der Waals surface area contributed by atoms with Gasteiger partial charge in [-0.25, -0.2) is 0 Å². The van der Waals surface area contributed by atoms with Crippen LogP contribution in [0.3, 0.4) is 0 Å². The topological polar surface area (TPSA) is 43.1 Å². The fourth-order valence-corrected chi connectivity index (χ4v) is 2.45. The number of thiophene rings is 1. The van der Waals surface area contributed by atoms with Crippen LogP contribution in [0, 0.1) is 0 Å². The largest absolute Gasteiger partial charge is 0.317 e. The van der Waals surface area contributed by atoms with Crippen molar-refractivity contribution in [3.8, 4) is 0 Å². The predicted octanol–water partition coefficient (Wildman–Crippen LogP) is 3.19. The minimum absolute atomic E-state index is 0.0113. The van der Waals surface area contributed by atoms with Crippen molar-refractivity contribution >= 4 is 17.1 Å². The Morgan fingerprint density at radius 2 is 2.18 bits per heavy atom. The van der Waals surface area contributed by atoms with Crippen LogP contribution in [-0.2, 0) is 6.42 Å². The van der Waals surface area contributed by atoms with Gasteiger partial charge in [0.2, 0.25) is 0 Å². The van der Waals surface area contributed by atoms with Gasteiger partial charge in [0.15, 0.2) is 5.78 Å². The normalized spacial score (nSPS) is 12.4. The van der Waals surface area contributed by atoms with Crippen molar-refractivity contribution in [1.29, 1.82) is 0 Å². The van der Waals surface area contributed by atoms with E-state index in [0.717, 1.165) is 16.9 Å². The van der Waals surface area contributed by atoms with Crippen molar-refractivity contribution in [2.45, 2.75) is 19.4 Å². The minimum atomic E-state index is -0.540. The molecule has 0 spiro atoms. The lowest BCUT2D eigenvalue weighted by Crippen LogP contribution is -2.20. The molecule has 1 heterocycles. The summed E-state index contributed by atoms with van der Waals surface area (Å²) in [5.74, 6) is -0.0113. The molecule has 1 unspecified atom stereocenters. The van der Waals surface area contributed by atoms with Crippen LogP contribution < -0.4 is 5.73 Å². The molecule has 2 rings (SSSR count). The van der Waals surface area contributed by atoms with E-state index in [4.69, 9.17) is 5.73 Å². The number of nitrogens with two attached hydrogens (primary N) is 1. The molecular weight excluding hydrogens is 230 g/mol. The zero-order valence-corrected chi connectivity index (χ0v) is 10.5. The Labute approximate surface area is 105 Å². The van der Waals surface area contributed by atoms with Crippen LogP contribution in [0.2, 0.25) is 0 Å². The number of aryl methyl sites for hydroxylation is 1. The summed E-state index contributed by atoms with van der Waals surface area (Å²) in [4.78, 5) is 13.1. The Morgan fingerprint density at radius 3 is 2.82 bits per heavy atom. The summed E-state index contributed by atoms with van der Waals surface area (Å²) in [6.07, 6.45) is 0.926. The van der Waals surface area contributed by atoms with E-state index in [1.165, 1.54) is 11.3 Å². The molecule has 0 aliphatic rings. The lowest BCUT2D eigenvalue weighted by Gasteiger charge is -2.09. The predicted molar refractivity (Wildman–Crippen MR) is 71.4 cm³/mol. The van der Waals surface area contributed by atoms with Crippen molar-refractivity contribution < 1.29 is 4.79 Å². The molecule has 0 aliphatic heterocycles. The molecule has 0 radical (unpaired) electrons. The Morgan fingerprint density at radius 1 is 1.35 bits per heavy atom. The fourth-order valence-electron chi connectivity index (χ4n) is 1.72. The molecule has 3 heteroatoms. The summed E-state index contributed by atoms with van der Waals surface area (Å²) in [7, 11) is 0. The molecule has 0 amide bonds. The molecule has 1 aromatic heterocycles. The van der Waals surface area contributed by atoms with Crippen molar-refractivity contribution in [2.24, 2.45) is 5.73 Å². The van der Waals surface area contributed by atoms with Gasteiger partial charge in [0, 0.05) is 10.4 Å². The molecule has 1 atom stereocenters. The summed E-state index contributed by atoms with van der Waals surface area (Å²) < 4.78 is 0. The third-order valence-electron chi connectivity index (χ3n) is 2.75. The van der Waals surface area contributed by atoms with Crippen molar-refractivity contribution in [3.05, 3.63) is 57.8 Å². The van der Waals surface area contributed by atoms with Crippen LogP contribution in [0.15, 0.2) is 41.8 Å². The molecule has 2 N–H and O–H groups in total. The molecule has 17 heavy (non-hydrogen) atoms. The standard InChI is InChI=1S/C14H15NOS/c1-2-10-5-3-6-11(9-10)14(16)13(15)12-7-4-8-17-12/h3-9,13H,2,15H2,1H3. The molecule has 2 nitrogen and oxygen atoms in total. The van der Waals surface area contributed by atoms with E-state index in [1.807, 2.05) is 41.8 Å². The number of carbonyl (C=O) groups excluding carboxylic acids is 1. The maximum atomic E-state index is 12.2. The Hall–Kier alpha value is -1.45. The zero-order chi connectivity index (χ0) is 12.3. The average molecular weight is 245 g/mol. The van der Waals surface area contributed by atoms with E-state index < -0.39 is 6.04 Å². The van der Waals surface area contributed by atoms with E-state index in [2.05, 4.69) is 6.92 Å². The van der Waals surface area contributed by atoms with E-state index in [9.17, 15) is 4.79 Å². The second-order valence-electron chi connectivity index (χ2n) is 3.91. The third kappa shape index (κ3) is 2.62. The number of Topliss-reactive ketones (excluding diaryl/α,β-unsaturated/α-hetero) is 1. The Bertz CT molecular complexity index is 505. The fraction of sp³-hybridized carbons (Fsp3) is 0.214. The van der Waals surface area contributed by atoms with Gasteiger partial charge in [0.1, 0.15) is 6.04 Å². The van der Waals surface area contributed by atoms with Gasteiger partial charge in [-0.15, -0.1) is 11.3 Å². The molecular formula is C14H15NOS. The summed E-state index contributed by atoms with van der Waals surface area (Å²) in [6.45, 7) is 2.07. The first-order chi connectivity index (χ1) is 8.22. The van der Waals surface area contributed by atoms with Gasteiger partial charge in [0.25, 0.3) is 0 Å². The number of carbonyl (C=O) groups is 1. The van der Waals surface area contributed by atoms with E-state index in [1.54, 1.807) is 0 Å². The highest BCUT2D eigenvalue weighted by atomic mass is 32.1. The number of hydrogen-bond donors (Lipinski definition) is 1. The van der Waals surface area contributed by atoms with Gasteiger partial charge < -0.3 is 5.73 Å². The van der Waals surface area contributed by atoms with Gasteiger partial charge >= 0.3 is 0 Å². The van der Waals surface area contributed by atoms with Gasteiger partial charge in [-0.3, -0.25) is 4.79 Å². The number of hydrogen-bond acceptors (Lipinski definition) is 3. The second-order valence-corrected chi connectivity index (χ2v) is 4.89. The van der Waals surface area contributed by atoms with Gasteiger partial charge in [0.05, 0.1) is 0 Å². The first-order valence-corrected chi connectivity index (χ1v) is 6.52. The van der Waals surface area contributed by atoms with Crippen LogP contribution >= 0.6 is 11.3 Å². The van der Waals surface area contributed by atoms with Crippen molar-refractivity contribution in [3.63, 3.8) is 0 Å². The first kappa shape index (κ1) is 12.0. The quantitative estimate of drug-likeness (QED) is 0.841. The van der Waals surface area contributed by atoms with Gasteiger partial charge in [-0.2, -0.15) is 0 Å². The van der Waals surface area contributed by atoms with Crippen LogP contribution in [0.5, 0.6) is 0 Å². The highest BCUT2D eigenvalue weighted by molar-refractivity contribution is 7.10. The highest BCUT2D eigenvalue weighted by Gasteiger charge is 2.18. The second kappa shape index (κ2) is 5.25. The summed E-state index contributed by atoms with van der Waals surface area (Å²) in [6, 6.07) is 11.0. The molecule has 88 valence electrons. The molecule has 1 aromatic carbocycles. The van der Waals surface area contributed by atoms with Crippen molar-refractivity contribution in [2.75, 3.05) is 0 Å². The highest BCUT2D eigenvalue weighted by Crippen LogP contribution is 2.21. The number of benzene rings is 1. The molecule has 0 saturated carbocycles. The third-order valence-corrected chi connectivity index (χ3v) is 3.71. The summed E-state index contributed by atoms with van der Waals surface area (Å²) in [5, 5.41) is 1.94. The zero-order valence-electron chi connectivity index (χ0n) is 9.72. The minimum Gasteiger partial charge on any atom is -0.317 e. The van der Waals surface area contributed by atoms with Crippen LogP contribution in [0.4, 0.5) is 0 Å². The van der Waals surface area contributed by atoms with Crippen LogP contribution in [0.25, 0.3) is 0 Å². The Balaban J connectivity index is 2.24. The Kier molecular flexibility index (Phi) is 3.71. The number of ketones is 1. The van der Waals surface area contributed by atoms with Crippen LogP contribution in [-0.4, -0.2) is 5.78 Å². The monoisotopic (exact) mass is 245 g/mol. The summed E-state index contributed by atoms with van der Waals surface area (Å²) in [5.41, 5.74) is 7.83. The molecule has 0 aliphatic carbocycles. The SMILES string of the molecule is CCc1cccc(C(=O)C(N)c2cccs2)c1. The van der Waals surface area contributed by atoms with E-state index in [0.29, 0.717) is 5.56 Å². The average Bonchev–Trinajstić information content (AvgIpc) is 2.91. The van der Waals surface area contributed by atoms with Crippen LogP contribution in [0.1, 0.15) is 33.8 Å². The number of rotatable bonds is 4. The molecule has 0 saturated heterocycles. The molecule has 0 bridgehead atoms. The van der Waals surface area contributed by atoms with E-state index in [-0.39, 0.29) is 5.78 Å². The van der Waals surface area contributed by atoms with Gasteiger partial charge in [-0.05, 0) is 29.5 Å². The first-order valence-electron chi connectivity index (χ1n) is 5.64. The lowest BCUT2D eigenvalue weighted by atomic mass is 10.0. The maximum Gasteiger partial charge on any atom is 0.184 e. The molecule has 0 fully saturated rings. The molecule has 2 aromatic rings. The van der Waals surface area contributed by atoms with Crippen molar-refractivity contribution in [1.82, 2.24) is 0 Å². The smallest absolute Gasteiger partial charge is 0.184 e. The lowest BCUT2D eigenvalue weighted by molar-refractivity contribution is 0.0962. The summed E-state index contributed by atoms with van der Waals surface area (Å²) >= 11 is 1.52.